The molecule has 0 radical (unpaired) electrons. The second kappa shape index (κ2) is 9.58. The summed E-state index contributed by atoms with van der Waals surface area (Å²) in [6, 6.07) is 35.6. The average Bonchev–Trinajstić information content (AvgIpc) is 2.80. The number of halogens is 1. The van der Waals surface area contributed by atoms with Crippen molar-refractivity contribution < 1.29 is 0 Å². The number of nitrogens with zero attached hydrogens (tertiary/aromatic N) is 1. The zero-order valence-electron chi connectivity index (χ0n) is 21.1. The fourth-order valence-corrected chi connectivity index (χ4v) is 4.47. The fraction of sp³-hybridized carbons (Fsp3) is 0.250. The van der Waals surface area contributed by atoms with Gasteiger partial charge in [-0.05, 0) is 104 Å². The van der Waals surface area contributed by atoms with Gasteiger partial charge in [-0.25, -0.2) is 0 Å². The smallest absolute Gasteiger partial charge is 0.0462 e. The van der Waals surface area contributed by atoms with Gasteiger partial charge in [0, 0.05) is 20.6 Å². The van der Waals surface area contributed by atoms with E-state index in [0.717, 1.165) is 5.69 Å². The summed E-state index contributed by atoms with van der Waals surface area (Å²) in [6.45, 7) is 13.5. The minimum atomic E-state index is 0.132. The third-order valence-electron chi connectivity index (χ3n) is 6.29. The first kappa shape index (κ1) is 24.5. The molecular weight excluding hydrogens is 525 g/mol. The van der Waals surface area contributed by atoms with Crippen LogP contribution in [0.3, 0.4) is 0 Å². The molecule has 0 aliphatic heterocycles. The molecule has 0 spiro atoms. The molecule has 0 heterocycles. The van der Waals surface area contributed by atoms with Gasteiger partial charge in [0.2, 0.25) is 0 Å². The van der Waals surface area contributed by atoms with Gasteiger partial charge in [0.05, 0.1) is 0 Å². The van der Waals surface area contributed by atoms with Crippen LogP contribution in [0.1, 0.15) is 52.7 Å². The molecule has 0 atom stereocenters. The van der Waals surface area contributed by atoms with Crippen molar-refractivity contribution >= 4 is 39.7 Å². The monoisotopic (exact) mass is 559 g/mol. The van der Waals surface area contributed by atoms with Crippen LogP contribution in [0.5, 0.6) is 0 Å². The van der Waals surface area contributed by atoms with Crippen molar-refractivity contribution in [3.63, 3.8) is 0 Å². The molecule has 0 bridgehead atoms. The van der Waals surface area contributed by atoms with Crippen molar-refractivity contribution in [2.24, 2.45) is 0 Å². The van der Waals surface area contributed by atoms with Gasteiger partial charge in [-0.15, -0.1) is 0 Å². The summed E-state index contributed by atoms with van der Waals surface area (Å²) < 4.78 is 1.25. The molecule has 0 amide bonds. The minimum absolute atomic E-state index is 0.132. The molecule has 0 saturated carbocycles. The molecule has 2 heteroatoms. The van der Waals surface area contributed by atoms with E-state index in [9.17, 15) is 0 Å². The van der Waals surface area contributed by atoms with Crippen LogP contribution in [-0.4, -0.2) is 0 Å². The molecule has 174 valence electrons. The van der Waals surface area contributed by atoms with Crippen LogP contribution >= 0.6 is 22.6 Å². The van der Waals surface area contributed by atoms with Crippen molar-refractivity contribution in [2.75, 3.05) is 4.90 Å². The lowest BCUT2D eigenvalue weighted by atomic mass is 9.86. The number of rotatable bonds is 4. The summed E-state index contributed by atoms with van der Waals surface area (Å²) in [5.41, 5.74) is 8.90. The summed E-state index contributed by atoms with van der Waals surface area (Å²) in [4.78, 5) is 2.34. The van der Waals surface area contributed by atoms with Gasteiger partial charge >= 0.3 is 0 Å². The third kappa shape index (κ3) is 5.55. The second-order valence-corrected chi connectivity index (χ2v) is 12.2. The van der Waals surface area contributed by atoms with Gasteiger partial charge in [0.1, 0.15) is 0 Å². The standard InChI is InChI=1S/C32H34IN/c1-31(2,3)25-11-19-29(20-12-25)34(30-21-13-26(14-22-30)32(4,5)6)28-17-9-24(10-18-28)23-7-15-27(33)16-8-23/h7-22H,1-6H3. The Morgan fingerprint density at radius 1 is 0.441 bits per heavy atom. The molecule has 0 saturated heterocycles. The summed E-state index contributed by atoms with van der Waals surface area (Å²) in [7, 11) is 0. The van der Waals surface area contributed by atoms with E-state index in [4.69, 9.17) is 0 Å². The van der Waals surface area contributed by atoms with Crippen LogP contribution in [0.2, 0.25) is 0 Å². The maximum Gasteiger partial charge on any atom is 0.0462 e. The maximum atomic E-state index is 2.35. The molecule has 4 aromatic carbocycles. The quantitative estimate of drug-likeness (QED) is 0.225. The highest BCUT2D eigenvalue weighted by atomic mass is 127. The maximum absolute atomic E-state index is 2.35. The molecule has 0 aromatic heterocycles. The van der Waals surface area contributed by atoms with Crippen LogP contribution < -0.4 is 4.90 Å². The van der Waals surface area contributed by atoms with Gasteiger partial charge in [0.25, 0.3) is 0 Å². The zero-order chi connectivity index (χ0) is 24.5. The van der Waals surface area contributed by atoms with Gasteiger partial charge in [-0.2, -0.15) is 0 Å². The highest BCUT2D eigenvalue weighted by Gasteiger charge is 2.18. The Hall–Kier alpha value is -2.59. The van der Waals surface area contributed by atoms with Crippen LogP contribution in [0.15, 0.2) is 97.1 Å². The predicted molar refractivity (Wildman–Crippen MR) is 157 cm³/mol. The minimum Gasteiger partial charge on any atom is -0.311 e. The summed E-state index contributed by atoms with van der Waals surface area (Å²) in [6.07, 6.45) is 0. The zero-order valence-corrected chi connectivity index (χ0v) is 23.2. The Balaban J connectivity index is 1.75. The lowest BCUT2D eigenvalue weighted by molar-refractivity contribution is 0.590. The lowest BCUT2D eigenvalue weighted by Crippen LogP contribution is -2.14. The van der Waals surface area contributed by atoms with E-state index in [0.29, 0.717) is 0 Å². The van der Waals surface area contributed by atoms with Gasteiger partial charge in [-0.1, -0.05) is 90.1 Å². The number of benzene rings is 4. The first-order valence-electron chi connectivity index (χ1n) is 11.9. The van der Waals surface area contributed by atoms with Crippen molar-refractivity contribution in [1.29, 1.82) is 0 Å². The van der Waals surface area contributed by atoms with Gasteiger partial charge < -0.3 is 4.90 Å². The number of anilines is 3. The van der Waals surface area contributed by atoms with E-state index in [1.54, 1.807) is 0 Å². The van der Waals surface area contributed by atoms with Crippen LogP contribution in [0, 0.1) is 3.57 Å². The molecule has 0 aliphatic carbocycles. The van der Waals surface area contributed by atoms with Crippen LogP contribution in [0.4, 0.5) is 17.1 Å². The molecule has 34 heavy (non-hydrogen) atoms. The SMILES string of the molecule is CC(C)(C)c1ccc(N(c2ccc(-c3ccc(I)cc3)cc2)c2ccc(C(C)(C)C)cc2)cc1. The lowest BCUT2D eigenvalue weighted by Gasteiger charge is -2.28. The molecule has 4 aromatic rings. The summed E-state index contributed by atoms with van der Waals surface area (Å²) >= 11 is 2.35. The molecule has 0 fully saturated rings. The normalized spacial score (nSPS) is 12.0. The Morgan fingerprint density at radius 3 is 1.06 bits per heavy atom. The van der Waals surface area contributed by atoms with Gasteiger partial charge in [0.15, 0.2) is 0 Å². The summed E-state index contributed by atoms with van der Waals surface area (Å²) in [5, 5.41) is 0. The molecule has 0 N–H and O–H groups in total. The average molecular weight is 560 g/mol. The highest BCUT2D eigenvalue weighted by Crippen LogP contribution is 2.37. The fourth-order valence-electron chi connectivity index (χ4n) is 4.11. The van der Waals surface area contributed by atoms with Crippen molar-refractivity contribution in [3.8, 4) is 11.1 Å². The van der Waals surface area contributed by atoms with Gasteiger partial charge in [-0.3, -0.25) is 0 Å². The Labute approximate surface area is 219 Å². The van der Waals surface area contributed by atoms with E-state index in [2.05, 4.69) is 166 Å². The first-order valence-corrected chi connectivity index (χ1v) is 13.0. The second-order valence-electron chi connectivity index (χ2n) is 11.0. The van der Waals surface area contributed by atoms with Crippen LogP contribution in [0.25, 0.3) is 11.1 Å². The molecule has 0 aliphatic rings. The Bertz CT molecular complexity index is 1160. The predicted octanol–water partition coefficient (Wildman–Crippen LogP) is 10.0. The van der Waals surface area contributed by atoms with Crippen LogP contribution in [-0.2, 0) is 10.8 Å². The van der Waals surface area contributed by atoms with E-state index in [1.165, 1.54) is 37.2 Å². The van der Waals surface area contributed by atoms with E-state index < -0.39 is 0 Å². The largest absolute Gasteiger partial charge is 0.311 e. The number of hydrogen-bond donors (Lipinski definition) is 0. The van der Waals surface area contributed by atoms with Crippen molar-refractivity contribution in [1.82, 2.24) is 0 Å². The molecule has 0 unspecified atom stereocenters. The van der Waals surface area contributed by atoms with E-state index in [-0.39, 0.29) is 10.8 Å². The summed E-state index contributed by atoms with van der Waals surface area (Å²) in [5.74, 6) is 0. The highest BCUT2D eigenvalue weighted by molar-refractivity contribution is 14.1. The third-order valence-corrected chi connectivity index (χ3v) is 7.01. The van der Waals surface area contributed by atoms with E-state index >= 15 is 0 Å². The molecule has 1 nitrogen and oxygen atoms in total. The van der Waals surface area contributed by atoms with E-state index in [1.807, 2.05) is 0 Å². The Morgan fingerprint density at radius 2 is 0.735 bits per heavy atom. The number of hydrogen-bond acceptors (Lipinski definition) is 1. The first-order chi connectivity index (χ1) is 16.0. The van der Waals surface area contributed by atoms with Crippen molar-refractivity contribution in [3.05, 3.63) is 112 Å². The molecular formula is C32H34IN. The topological polar surface area (TPSA) is 3.24 Å². The Kier molecular flexibility index (Phi) is 6.91. The molecule has 4 rings (SSSR count). The van der Waals surface area contributed by atoms with Crippen molar-refractivity contribution in [2.45, 2.75) is 52.4 Å².